The molecular weight excluding hydrogens is 288 g/mol. The maximum atomic E-state index is 12.9. The fourth-order valence-electron chi connectivity index (χ4n) is 2.49. The lowest BCUT2D eigenvalue weighted by molar-refractivity contribution is 0.0665. The zero-order valence-corrected chi connectivity index (χ0v) is 12.9. The maximum absolute atomic E-state index is 12.9. The molecule has 3 aromatic rings. The second kappa shape index (κ2) is 6.87. The van der Waals surface area contributed by atoms with E-state index in [1.54, 1.807) is 35.8 Å². The van der Waals surface area contributed by atoms with Gasteiger partial charge in [0.05, 0.1) is 24.6 Å². The zero-order chi connectivity index (χ0) is 16.1. The van der Waals surface area contributed by atoms with Crippen molar-refractivity contribution in [1.29, 1.82) is 0 Å². The van der Waals surface area contributed by atoms with E-state index in [1.807, 2.05) is 43.3 Å². The van der Waals surface area contributed by atoms with Crippen LogP contribution in [0.5, 0.6) is 0 Å². The Kier molecular flexibility index (Phi) is 4.47. The number of H-pyrrole nitrogens is 1. The first-order valence-electron chi connectivity index (χ1n) is 7.50. The highest BCUT2D eigenvalue weighted by Gasteiger charge is 2.24. The van der Waals surface area contributed by atoms with Crippen LogP contribution >= 0.6 is 0 Å². The van der Waals surface area contributed by atoms with Crippen molar-refractivity contribution in [3.05, 3.63) is 84.2 Å². The van der Waals surface area contributed by atoms with Gasteiger partial charge in [0, 0.05) is 12.4 Å². The van der Waals surface area contributed by atoms with Crippen LogP contribution in [-0.2, 0) is 6.54 Å². The van der Waals surface area contributed by atoms with Gasteiger partial charge in [-0.1, -0.05) is 36.4 Å². The van der Waals surface area contributed by atoms with Crippen LogP contribution in [0.4, 0.5) is 0 Å². The topological polar surface area (TPSA) is 61.9 Å². The number of benzene rings is 1. The van der Waals surface area contributed by atoms with Gasteiger partial charge in [0.1, 0.15) is 5.69 Å². The van der Waals surface area contributed by atoms with E-state index < -0.39 is 0 Å². The first-order chi connectivity index (χ1) is 11.3. The number of rotatable bonds is 5. The molecule has 3 rings (SSSR count). The van der Waals surface area contributed by atoms with E-state index in [4.69, 9.17) is 0 Å². The minimum Gasteiger partial charge on any atom is -0.347 e. The van der Waals surface area contributed by atoms with Gasteiger partial charge in [-0.3, -0.25) is 9.78 Å². The average Bonchev–Trinajstić information content (AvgIpc) is 3.13. The summed E-state index contributed by atoms with van der Waals surface area (Å²) in [6.07, 6.45) is 4.98. The number of aromatic nitrogens is 3. The number of hydrogen-bond acceptors (Lipinski definition) is 3. The normalized spacial score (nSPS) is 11.9. The van der Waals surface area contributed by atoms with E-state index in [2.05, 4.69) is 15.0 Å². The zero-order valence-electron chi connectivity index (χ0n) is 12.9. The summed E-state index contributed by atoms with van der Waals surface area (Å²) in [4.78, 5) is 26.0. The Bertz CT molecular complexity index is 741. The molecule has 2 aromatic heterocycles. The SMILES string of the molecule is C[C@H](c1ccccc1)N(Cc1cnc[nH]1)C(=O)c1ccccn1. The van der Waals surface area contributed by atoms with Gasteiger partial charge in [0.2, 0.25) is 0 Å². The molecule has 23 heavy (non-hydrogen) atoms. The molecule has 0 aliphatic rings. The minimum absolute atomic E-state index is 0.0750. The fraction of sp³-hybridized carbons (Fsp3) is 0.167. The highest BCUT2D eigenvalue weighted by Crippen LogP contribution is 2.23. The molecule has 0 spiro atoms. The molecule has 5 nitrogen and oxygen atoms in total. The number of hydrogen-bond donors (Lipinski definition) is 1. The van der Waals surface area contributed by atoms with Crippen molar-refractivity contribution < 1.29 is 4.79 Å². The standard InChI is InChI=1S/C18H18N4O/c1-14(15-7-3-2-4-8-15)22(12-16-11-19-13-21-16)18(23)17-9-5-6-10-20-17/h2-11,13-14H,12H2,1H3,(H,19,21)/t14-/m1/s1. The second-order valence-corrected chi connectivity index (χ2v) is 5.31. The lowest BCUT2D eigenvalue weighted by atomic mass is 10.1. The number of nitrogens with one attached hydrogen (secondary N) is 1. The molecule has 116 valence electrons. The lowest BCUT2D eigenvalue weighted by Crippen LogP contribution is -2.33. The molecule has 0 aliphatic carbocycles. The Morgan fingerprint density at radius 3 is 2.61 bits per heavy atom. The van der Waals surface area contributed by atoms with Crippen LogP contribution < -0.4 is 0 Å². The van der Waals surface area contributed by atoms with Gasteiger partial charge in [0.15, 0.2) is 0 Å². The van der Waals surface area contributed by atoms with Crippen LogP contribution in [0.15, 0.2) is 67.3 Å². The number of carbonyl (C=O) groups excluding carboxylic acids is 1. The molecular formula is C18H18N4O. The van der Waals surface area contributed by atoms with Crippen LogP contribution in [0.1, 0.15) is 34.7 Å². The molecule has 2 heterocycles. The third-order valence-corrected chi connectivity index (χ3v) is 3.79. The molecule has 1 amide bonds. The van der Waals surface area contributed by atoms with Crippen molar-refractivity contribution >= 4 is 5.91 Å². The highest BCUT2D eigenvalue weighted by molar-refractivity contribution is 5.92. The highest BCUT2D eigenvalue weighted by atomic mass is 16.2. The second-order valence-electron chi connectivity index (χ2n) is 5.31. The van der Waals surface area contributed by atoms with Crippen LogP contribution in [0.25, 0.3) is 0 Å². The fourth-order valence-corrected chi connectivity index (χ4v) is 2.49. The number of nitrogens with zero attached hydrogens (tertiary/aromatic N) is 3. The third kappa shape index (κ3) is 3.45. The summed E-state index contributed by atoms with van der Waals surface area (Å²) < 4.78 is 0. The minimum atomic E-state index is -0.100. The Balaban J connectivity index is 1.91. The smallest absolute Gasteiger partial charge is 0.273 e. The summed E-state index contributed by atoms with van der Waals surface area (Å²) in [6.45, 7) is 2.47. The van der Waals surface area contributed by atoms with Crippen LogP contribution in [0.2, 0.25) is 0 Å². The summed E-state index contributed by atoms with van der Waals surface area (Å²) >= 11 is 0. The molecule has 0 bridgehead atoms. The Hall–Kier alpha value is -2.95. The van der Waals surface area contributed by atoms with E-state index in [9.17, 15) is 4.79 Å². The van der Waals surface area contributed by atoms with Gasteiger partial charge in [-0.05, 0) is 24.6 Å². The number of carbonyl (C=O) groups is 1. The van der Waals surface area contributed by atoms with E-state index in [0.717, 1.165) is 11.3 Å². The van der Waals surface area contributed by atoms with Gasteiger partial charge >= 0.3 is 0 Å². The van der Waals surface area contributed by atoms with E-state index in [-0.39, 0.29) is 11.9 Å². The molecule has 5 heteroatoms. The van der Waals surface area contributed by atoms with Crippen molar-refractivity contribution in [3.8, 4) is 0 Å². The van der Waals surface area contributed by atoms with Gasteiger partial charge in [0.25, 0.3) is 5.91 Å². The molecule has 0 saturated heterocycles. The van der Waals surface area contributed by atoms with Gasteiger partial charge in [-0.2, -0.15) is 0 Å². The monoisotopic (exact) mass is 306 g/mol. The first kappa shape index (κ1) is 15.0. The number of imidazole rings is 1. The first-order valence-corrected chi connectivity index (χ1v) is 7.50. The summed E-state index contributed by atoms with van der Waals surface area (Å²) in [5.74, 6) is -0.100. The van der Waals surface area contributed by atoms with E-state index in [0.29, 0.717) is 12.2 Å². The summed E-state index contributed by atoms with van der Waals surface area (Å²) in [6, 6.07) is 15.3. The molecule has 1 atom stereocenters. The largest absolute Gasteiger partial charge is 0.347 e. The molecule has 0 aliphatic heterocycles. The van der Waals surface area contributed by atoms with E-state index in [1.165, 1.54) is 0 Å². The summed E-state index contributed by atoms with van der Waals surface area (Å²) in [7, 11) is 0. The Morgan fingerprint density at radius 2 is 1.96 bits per heavy atom. The van der Waals surface area contributed by atoms with E-state index >= 15 is 0 Å². The summed E-state index contributed by atoms with van der Waals surface area (Å²) in [5.41, 5.74) is 2.41. The number of pyridine rings is 1. The molecule has 0 unspecified atom stereocenters. The number of amides is 1. The van der Waals surface area contributed by atoms with Gasteiger partial charge in [-0.15, -0.1) is 0 Å². The van der Waals surface area contributed by atoms with Crippen molar-refractivity contribution in [2.75, 3.05) is 0 Å². The van der Waals surface area contributed by atoms with Crippen molar-refractivity contribution in [2.45, 2.75) is 19.5 Å². The van der Waals surface area contributed by atoms with Crippen molar-refractivity contribution in [1.82, 2.24) is 19.9 Å². The Labute approximate surface area is 135 Å². The maximum Gasteiger partial charge on any atom is 0.273 e. The van der Waals surface area contributed by atoms with Gasteiger partial charge < -0.3 is 9.88 Å². The summed E-state index contributed by atoms with van der Waals surface area (Å²) in [5, 5.41) is 0. The van der Waals surface area contributed by atoms with Crippen LogP contribution in [0.3, 0.4) is 0 Å². The van der Waals surface area contributed by atoms with Crippen LogP contribution in [-0.4, -0.2) is 25.8 Å². The third-order valence-electron chi connectivity index (χ3n) is 3.79. The van der Waals surface area contributed by atoms with Crippen molar-refractivity contribution in [3.63, 3.8) is 0 Å². The molecule has 0 radical (unpaired) electrons. The molecule has 1 aromatic carbocycles. The molecule has 1 N–H and O–H groups in total. The van der Waals surface area contributed by atoms with Crippen molar-refractivity contribution in [2.24, 2.45) is 0 Å². The Morgan fingerprint density at radius 1 is 1.17 bits per heavy atom. The van der Waals surface area contributed by atoms with Gasteiger partial charge in [-0.25, -0.2) is 4.98 Å². The number of aromatic amines is 1. The quantitative estimate of drug-likeness (QED) is 0.787. The average molecular weight is 306 g/mol. The lowest BCUT2D eigenvalue weighted by Gasteiger charge is -2.29. The van der Waals surface area contributed by atoms with Crippen LogP contribution in [0, 0.1) is 0 Å². The molecule has 0 fully saturated rings. The predicted molar refractivity (Wildman–Crippen MR) is 87.6 cm³/mol. The molecule has 0 saturated carbocycles. The predicted octanol–water partition coefficient (Wildman–Crippen LogP) is 3.21.